The Hall–Kier alpha value is -2.95. The van der Waals surface area contributed by atoms with Gasteiger partial charge in [0.05, 0.1) is 11.0 Å². The number of aromatic nitrogens is 2. The fraction of sp³-hybridized carbons (Fsp3) is 0.286. The van der Waals surface area contributed by atoms with Crippen molar-refractivity contribution in [3.8, 4) is 0 Å². The number of nitrogens with zero attached hydrogens (tertiary/aromatic N) is 3. The molecule has 26 heavy (non-hydrogen) atoms. The molecule has 5 heteroatoms. The Morgan fingerprint density at radius 3 is 2.08 bits per heavy atom. The second-order valence-corrected chi connectivity index (χ2v) is 6.28. The van der Waals surface area contributed by atoms with E-state index in [2.05, 4.69) is 15.2 Å². The number of amides is 1. The van der Waals surface area contributed by atoms with Crippen LogP contribution in [0.1, 0.15) is 35.5 Å². The molecule has 134 valence electrons. The summed E-state index contributed by atoms with van der Waals surface area (Å²) < 4.78 is 0. The number of rotatable bonds is 5. The topological polar surface area (TPSA) is 58.1 Å². The molecule has 0 saturated heterocycles. The van der Waals surface area contributed by atoms with Crippen LogP contribution in [0.5, 0.6) is 0 Å². The van der Waals surface area contributed by atoms with Crippen LogP contribution in [0.3, 0.4) is 0 Å². The highest BCUT2D eigenvalue weighted by molar-refractivity contribution is 6.07. The summed E-state index contributed by atoms with van der Waals surface area (Å²) in [5, 5.41) is 3.03. The molecule has 0 bridgehead atoms. The van der Waals surface area contributed by atoms with Crippen LogP contribution in [0.25, 0.3) is 11.0 Å². The number of hydrogen-bond donors (Lipinski definition) is 1. The van der Waals surface area contributed by atoms with Crippen molar-refractivity contribution < 1.29 is 4.79 Å². The van der Waals surface area contributed by atoms with Crippen molar-refractivity contribution in [1.29, 1.82) is 0 Å². The zero-order valence-electron chi connectivity index (χ0n) is 15.7. The Morgan fingerprint density at radius 1 is 0.923 bits per heavy atom. The van der Waals surface area contributed by atoms with Crippen LogP contribution >= 0.6 is 0 Å². The van der Waals surface area contributed by atoms with Gasteiger partial charge in [-0.2, -0.15) is 0 Å². The quantitative estimate of drug-likeness (QED) is 0.745. The van der Waals surface area contributed by atoms with E-state index in [0.717, 1.165) is 40.9 Å². The van der Waals surface area contributed by atoms with Crippen LogP contribution in [0, 0.1) is 13.8 Å². The molecule has 0 aliphatic heterocycles. The highest BCUT2D eigenvalue weighted by atomic mass is 16.1. The van der Waals surface area contributed by atoms with E-state index in [4.69, 9.17) is 4.98 Å². The third kappa shape index (κ3) is 3.38. The van der Waals surface area contributed by atoms with Gasteiger partial charge in [-0.3, -0.25) is 4.79 Å². The maximum absolute atomic E-state index is 13.1. The van der Waals surface area contributed by atoms with Gasteiger partial charge in [0, 0.05) is 18.8 Å². The summed E-state index contributed by atoms with van der Waals surface area (Å²) in [5.74, 6) is 0.389. The van der Waals surface area contributed by atoms with Crippen LogP contribution in [-0.2, 0) is 0 Å². The number of anilines is 2. The molecular weight excluding hydrogens is 324 g/mol. The van der Waals surface area contributed by atoms with Gasteiger partial charge in [-0.25, -0.2) is 9.97 Å². The van der Waals surface area contributed by atoms with Crippen molar-refractivity contribution in [2.24, 2.45) is 0 Å². The fourth-order valence-corrected chi connectivity index (χ4v) is 3.07. The van der Waals surface area contributed by atoms with E-state index in [1.165, 1.54) is 0 Å². The minimum atomic E-state index is -0.234. The number of carbonyl (C=O) groups excluding carboxylic acids is 1. The largest absolute Gasteiger partial charge is 0.355 e. The SMILES string of the molecule is CCN(CC)c1nc2ccccc2nc1C(=O)Nc1c(C)cccc1C. The van der Waals surface area contributed by atoms with Crippen molar-refractivity contribution >= 4 is 28.4 Å². The van der Waals surface area contributed by atoms with E-state index in [-0.39, 0.29) is 5.91 Å². The van der Waals surface area contributed by atoms with Crippen molar-refractivity contribution in [2.75, 3.05) is 23.3 Å². The van der Waals surface area contributed by atoms with E-state index < -0.39 is 0 Å². The first-order valence-electron chi connectivity index (χ1n) is 8.94. The predicted octanol–water partition coefficient (Wildman–Crippen LogP) is 4.35. The molecule has 0 atom stereocenters. The maximum atomic E-state index is 13.1. The first-order valence-corrected chi connectivity index (χ1v) is 8.94. The average Bonchev–Trinajstić information content (AvgIpc) is 2.65. The Bertz CT molecular complexity index is 928. The second kappa shape index (κ2) is 7.52. The van der Waals surface area contributed by atoms with Gasteiger partial charge in [0.25, 0.3) is 5.91 Å². The predicted molar refractivity (Wildman–Crippen MR) is 107 cm³/mol. The molecule has 3 aromatic rings. The summed E-state index contributed by atoms with van der Waals surface area (Å²) in [4.78, 5) is 24.5. The van der Waals surface area contributed by atoms with Crippen LogP contribution in [0.4, 0.5) is 11.5 Å². The molecule has 0 radical (unpaired) electrons. The van der Waals surface area contributed by atoms with Gasteiger partial charge < -0.3 is 10.2 Å². The lowest BCUT2D eigenvalue weighted by Crippen LogP contribution is -2.28. The number of hydrogen-bond acceptors (Lipinski definition) is 4. The van der Waals surface area contributed by atoms with Gasteiger partial charge >= 0.3 is 0 Å². The summed E-state index contributed by atoms with van der Waals surface area (Å²) in [6.07, 6.45) is 0. The number of benzene rings is 2. The van der Waals surface area contributed by atoms with E-state index in [9.17, 15) is 4.79 Å². The summed E-state index contributed by atoms with van der Waals surface area (Å²) >= 11 is 0. The van der Waals surface area contributed by atoms with Crippen molar-refractivity contribution in [2.45, 2.75) is 27.7 Å². The Morgan fingerprint density at radius 2 is 1.50 bits per heavy atom. The molecule has 0 spiro atoms. The Balaban J connectivity index is 2.09. The van der Waals surface area contributed by atoms with Gasteiger partial charge in [0.2, 0.25) is 0 Å². The second-order valence-electron chi connectivity index (χ2n) is 6.28. The summed E-state index contributed by atoms with van der Waals surface area (Å²) in [7, 11) is 0. The van der Waals surface area contributed by atoms with Crippen LogP contribution in [-0.4, -0.2) is 29.0 Å². The first kappa shape index (κ1) is 17.9. The zero-order chi connectivity index (χ0) is 18.7. The average molecular weight is 348 g/mol. The molecule has 0 aliphatic carbocycles. The smallest absolute Gasteiger partial charge is 0.278 e. The molecule has 2 aromatic carbocycles. The molecule has 0 fully saturated rings. The van der Waals surface area contributed by atoms with E-state index in [0.29, 0.717) is 11.5 Å². The lowest BCUT2D eigenvalue weighted by atomic mass is 10.1. The van der Waals surface area contributed by atoms with Crippen LogP contribution in [0.2, 0.25) is 0 Å². The van der Waals surface area contributed by atoms with Gasteiger partial charge in [-0.05, 0) is 51.0 Å². The summed E-state index contributed by atoms with van der Waals surface area (Å²) in [6, 6.07) is 13.6. The number of para-hydroxylation sites is 3. The van der Waals surface area contributed by atoms with Crippen LogP contribution < -0.4 is 10.2 Å². The summed E-state index contributed by atoms with van der Waals surface area (Å²) in [6.45, 7) is 9.58. The lowest BCUT2D eigenvalue weighted by molar-refractivity contribution is 0.102. The van der Waals surface area contributed by atoms with Gasteiger partial charge in [0.1, 0.15) is 0 Å². The third-order valence-corrected chi connectivity index (χ3v) is 4.55. The van der Waals surface area contributed by atoms with Gasteiger partial charge in [0.15, 0.2) is 11.5 Å². The van der Waals surface area contributed by atoms with Crippen molar-refractivity contribution in [1.82, 2.24) is 9.97 Å². The monoisotopic (exact) mass is 348 g/mol. The Labute approximate surface area is 154 Å². The molecular formula is C21H24N4O. The van der Waals surface area contributed by atoms with Gasteiger partial charge in [-0.15, -0.1) is 0 Å². The van der Waals surface area contributed by atoms with E-state index in [1.807, 2.05) is 70.2 Å². The fourth-order valence-electron chi connectivity index (χ4n) is 3.07. The molecule has 1 heterocycles. The molecule has 0 aliphatic rings. The molecule has 1 amide bonds. The third-order valence-electron chi connectivity index (χ3n) is 4.55. The highest BCUT2D eigenvalue weighted by Crippen LogP contribution is 2.24. The molecule has 1 N–H and O–H groups in total. The van der Waals surface area contributed by atoms with Crippen molar-refractivity contribution in [3.05, 3.63) is 59.3 Å². The number of fused-ring (bicyclic) bond motifs is 1. The highest BCUT2D eigenvalue weighted by Gasteiger charge is 2.21. The maximum Gasteiger partial charge on any atom is 0.278 e. The van der Waals surface area contributed by atoms with Crippen LogP contribution in [0.15, 0.2) is 42.5 Å². The first-order chi connectivity index (χ1) is 12.5. The van der Waals surface area contributed by atoms with E-state index >= 15 is 0 Å². The van der Waals surface area contributed by atoms with Crippen molar-refractivity contribution in [3.63, 3.8) is 0 Å². The molecule has 3 rings (SSSR count). The number of carbonyl (C=O) groups is 1. The standard InChI is InChI=1S/C21H24N4O/c1-5-25(6-2)20-19(22-16-12-7-8-13-17(16)23-20)21(26)24-18-14(3)10-9-11-15(18)4/h7-13H,5-6H2,1-4H3,(H,24,26). The minimum absolute atomic E-state index is 0.234. The zero-order valence-corrected chi connectivity index (χ0v) is 15.7. The summed E-state index contributed by atoms with van der Waals surface area (Å²) in [5.41, 5.74) is 4.74. The molecule has 1 aromatic heterocycles. The minimum Gasteiger partial charge on any atom is -0.355 e. The van der Waals surface area contributed by atoms with Gasteiger partial charge in [-0.1, -0.05) is 30.3 Å². The van der Waals surface area contributed by atoms with E-state index in [1.54, 1.807) is 0 Å². The number of aryl methyl sites for hydroxylation is 2. The molecule has 0 unspecified atom stereocenters. The molecule has 5 nitrogen and oxygen atoms in total. The Kier molecular flexibility index (Phi) is 5.16. The lowest BCUT2D eigenvalue weighted by Gasteiger charge is -2.22. The number of nitrogens with one attached hydrogen (secondary N) is 1. The molecule has 0 saturated carbocycles. The normalized spacial score (nSPS) is 10.8.